The van der Waals surface area contributed by atoms with Gasteiger partial charge in [-0.25, -0.2) is 14.2 Å². The van der Waals surface area contributed by atoms with E-state index < -0.39 is 17.8 Å². The number of halogens is 2. The molecular weight excluding hydrogens is 505 g/mol. The zero-order valence-electron chi connectivity index (χ0n) is 19.3. The Balaban J connectivity index is 1.25. The normalized spacial score (nSPS) is 41.3. The van der Waals surface area contributed by atoms with Crippen molar-refractivity contribution in [3.05, 3.63) is 62.5 Å². The number of nitrogens with one attached hydrogen (secondary N) is 1. The van der Waals surface area contributed by atoms with Crippen LogP contribution in [0.2, 0.25) is 5.02 Å². The number of ether oxygens (including phenoxy) is 2. The molecule has 2 heterocycles. The summed E-state index contributed by atoms with van der Waals surface area (Å²) in [6.07, 6.45) is 2.21. The third kappa shape index (κ3) is 1.97. The second-order valence-electron chi connectivity index (χ2n) is 10.7. The van der Waals surface area contributed by atoms with Gasteiger partial charge in [0.15, 0.2) is 10.8 Å². The minimum Gasteiger partial charge on any atom is -0.469 e. The van der Waals surface area contributed by atoms with Crippen LogP contribution >= 0.6 is 22.9 Å². The molecule has 0 saturated heterocycles. The van der Waals surface area contributed by atoms with Crippen LogP contribution in [-0.4, -0.2) is 37.0 Å². The van der Waals surface area contributed by atoms with Gasteiger partial charge in [-0.2, -0.15) is 0 Å². The lowest BCUT2D eigenvalue weighted by Gasteiger charge is -3.11. The highest BCUT2D eigenvalue weighted by Crippen LogP contribution is 3.11. The van der Waals surface area contributed by atoms with Crippen LogP contribution in [0.5, 0.6) is 0 Å². The highest BCUT2D eigenvalue weighted by molar-refractivity contribution is 7.11. The number of nitrogens with zero attached hydrogens (tertiary/aromatic N) is 2. The van der Waals surface area contributed by atoms with Crippen LogP contribution in [0.15, 0.2) is 46.0 Å². The van der Waals surface area contributed by atoms with Gasteiger partial charge >= 0.3 is 11.9 Å². The zero-order valence-corrected chi connectivity index (χ0v) is 20.9. The topological polar surface area (TPSA) is 89.9 Å². The fourth-order valence-electron chi connectivity index (χ4n) is 9.54. The Kier molecular flexibility index (Phi) is 3.88. The molecule has 9 rings (SSSR count). The van der Waals surface area contributed by atoms with Crippen molar-refractivity contribution in [3.8, 4) is 0 Å². The molecule has 6 aliphatic carbocycles. The molecule has 6 fully saturated rings. The summed E-state index contributed by atoms with van der Waals surface area (Å²) in [5, 5.41) is 6.31. The van der Waals surface area contributed by atoms with Crippen molar-refractivity contribution in [2.75, 3.05) is 14.2 Å². The number of amidine groups is 1. The molecule has 2 aromatic rings. The van der Waals surface area contributed by atoms with Crippen molar-refractivity contribution >= 4 is 40.7 Å². The molecule has 7 aliphatic rings. The standard InChI is InChI=1S/C26H21ClFN3O4S/c1-34-12(32)8-25-14-17-15(25)19-16(25)18(14)26(17,19)21-13(24(33)35-2)20(10-4-3-9(28)7-11(10)27)30-22(31-21)23-29-5-6-36-23/h3-7,14-20H,8H2,1-2H3,(H,30,31). The fourth-order valence-corrected chi connectivity index (χ4v) is 10.4. The van der Waals surface area contributed by atoms with Crippen molar-refractivity contribution < 1.29 is 23.5 Å². The number of aromatic nitrogens is 1. The van der Waals surface area contributed by atoms with E-state index in [1.807, 2.05) is 5.38 Å². The molecular formula is C26H21ClFN3O4S. The lowest BCUT2D eigenvalue weighted by Crippen LogP contribution is -3.10. The molecule has 0 amide bonds. The van der Waals surface area contributed by atoms with Gasteiger partial charge in [-0.3, -0.25) is 9.79 Å². The van der Waals surface area contributed by atoms with Gasteiger partial charge in [-0.05, 0) is 53.1 Å². The number of methoxy groups -OCH3 is 2. The van der Waals surface area contributed by atoms with Gasteiger partial charge in [0.25, 0.3) is 0 Å². The molecule has 0 spiro atoms. The molecule has 10 heteroatoms. The Labute approximate surface area is 214 Å². The summed E-state index contributed by atoms with van der Waals surface area (Å²) in [5.41, 5.74) is 1.82. The fraction of sp³-hybridized carbons (Fsp3) is 0.462. The van der Waals surface area contributed by atoms with E-state index in [2.05, 4.69) is 10.3 Å². The first-order valence-corrected chi connectivity index (χ1v) is 13.3. The number of esters is 2. The number of hydrogen-bond acceptors (Lipinski definition) is 8. The number of allylic oxidation sites excluding steroid dienone is 1. The smallest absolute Gasteiger partial charge is 0.338 e. The SMILES string of the molecule is COC(=O)CC12C3C4C1C1C2C3C41C1=C(C(=O)OC)C(c2ccc(F)cc2Cl)N=C(c2nccs2)N1. The molecule has 1 unspecified atom stereocenters. The maximum Gasteiger partial charge on any atom is 0.338 e. The van der Waals surface area contributed by atoms with Crippen molar-refractivity contribution in [2.45, 2.75) is 12.5 Å². The van der Waals surface area contributed by atoms with Crippen LogP contribution in [0.4, 0.5) is 4.39 Å². The van der Waals surface area contributed by atoms with E-state index in [9.17, 15) is 14.0 Å². The Morgan fingerprint density at radius 1 is 1.14 bits per heavy atom. The highest BCUT2D eigenvalue weighted by atomic mass is 35.5. The van der Waals surface area contributed by atoms with E-state index in [1.165, 1.54) is 37.7 Å². The molecule has 1 atom stereocenters. The third-order valence-corrected chi connectivity index (χ3v) is 11.4. The van der Waals surface area contributed by atoms with E-state index in [4.69, 9.17) is 26.1 Å². The maximum atomic E-state index is 13.9. The number of carbonyl (C=O) groups excluding carboxylic acids is 2. The Bertz CT molecular complexity index is 1400. The van der Waals surface area contributed by atoms with E-state index in [0.717, 1.165) is 5.70 Å². The summed E-state index contributed by atoms with van der Waals surface area (Å²) in [5.74, 6) is 2.33. The Hall–Kier alpha value is -2.78. The second-order valence-corrected chi connectivity index (χ2v) is 12.0. The number of aliphatic imine (C=N–C) groups is 1. The van der Waals surface area contributed by atoms with Gasteiger partial charge in [0.2, 0.25) is 0 Å². The lowest BCUT2D eigenvalue weighted by molar-refractivity contribution is -0.647. The van der Waals surface area contributed by atoms with Gasteiger partial charge in [0.05, 0.1) is 26.2 Å². The molecule has 184 valence electrons. The lowest BCUT2D eigenvalue weighted by atomic mass is 8.91. The van der Waals surface area contributed by atoms with Crippen molar-refractivity contribution in [3.63, 3.8) is 0 Å². The largest absolute Gasteiger partial charge is 0.469 e. The molecule has 6 saturated carbocycles. The van der Waals surface area contributed by atoms with Crippen molar-refractivity contribution in [1.29, 1.82) is 0 Å². The van der Waals surface area contributed by atoms with E-state index in [1.54, 1.807) is 12.3 Å². The summed E-state index contributed by atoms with van der Waals surface area (Å²) in [7, 11) is 2.81. The Morgan fingerprint density at radius 2 is 1.86 bits per heavy atom. The van der Waals surface area contributed by atoms with Crippen molar-refractivity contribution in [1.82, 2.24) is 10.3 Å². The molecule has 1 aromatic carbocycles. The first-order chi connectivity index (χ1) is 17.4. The van der Waals surface area contributed by atoms with Crippen LogP contribution in [-0.2, 0) is 19.1 Å². The molecule has 1 aromatic heterocycles. The summed E-state index contributed by atoms with van der Waals surface area (Å²) >= 11 is 7.94. The number of rotatable bonds is 6. The molecule has 36 heavy (non-hydrogen) atoms. The second kappa shape index (κ2) is 6.55. The van der Waals surface area contributed by atoms with E-state index in [0.29, 0.717) is 63.9 Å². The van der Waals surface area contributed by atoms with Crippen LogP contribution in [0.1, 0.15) is 23.0 Å². The number of carbonyl (C=O) groups is 2. The number of thiazole rings is 1. The quantitative estimate of drug-likeness (QED) is 0.578. The zero-order chi connectivity index (χ0) is 24.7. The Morgan fingerprint density at radius 3 is 2.44 bits per heavy atom. The molecule has 0 radical (unpaired) electrons. The maximum absolute atomic E-state index is 13.9. The van der Waals surface area contributed by atoms with E-state index >= 15 is 0 Å². The molecule has 1 aliphatic heterocycles. The number of benzene rings is 1. The summed E-state index contributed by atoms with van der Waals surface area (Å²) in [4.78, 5) is 34.8. The van der Waals surface area contributed by atoms with Gasteiger partial charge in [-0.15, -0.1) is 11.3 Å². The first kappa shape index (κ1) is 21.3. The van der Waals surface area contributed by atoms with Crippen LogP contribution in [0.3, 0.4) is 0 Å². The summed E-state index contributed by atoms with van der Waals surface area (Å²) in [6.45, 7) is 0. The predicted octanol–water partition coefficient (Wildman–Crippen LogP) is 3.75. The minimum atomic E-state index is -0.745. The predicted molar refractivity (Wildman–Crippen MR) is 127 cm³/mol. The third-order valence-electron chi connectivity index (χ3n) is 10.3. The highest BCUT2D eigenvalue weighted by Gasteiger charge is 3.10. The molecule has 7 nitrogen and oxygen atoms in total. The minimum absolute atomic E-state index is 0.112. The van der Waals surface area contributed by atoms with Crippen LogP contribution < -0.4 is 5.32 Å². The first-order valence-electron chi connectivity index (χ1n) is 12.0. The van der Waals surface area contributed by atoms with Gasteiger partial charge < -0.3 is 14.8 Å². The molecule has 1 N–H and O–H groups in total. The van der Waals surface area contributed by atoms with Crippen molar-refractivity contribution in [2.24, 2.45) is 51.3 Å². The average molecular weight is 526 g/mol. The van der Waals surface area contributed by atoms with Gasteiger partial charge in [-0.1, -0.05) is 17.7 Å². The van der Waals surface area contributed by atoms with E-state index in [-0.39, 0.29) is 21.8 Å². The molecule has 0 bridgehead atoms. The van der Waals surface area contributed by atoms with Gasteiger partial charge in [0.1, 0.15) is 11.9 Å². The average Bonchev–Trinajstić information content (AvgIpc) is 3.43. The summed E-state index contributed by atoms with van der Waals surface area (Å²) < 4.78 is 24.2. The van der Waals surface area contributed by atoms with Gasteiger partial charge in [0, 0.05) is 33.3 Å². The monoisotopic (exact) mass is 525 g/mol. The van der Waals surface area contributed by atoms with Crippen LogP contribution in [0.25, 0.3) is 0 Å². The summed E-state index contributed by atoms with van der Waals surface area (Å²) in [6, 6.07) is 3.41. The number of hydrogen-bond donors (Lipinski definition) is 1. The van der Waals surface area contributed by atoms with Crippen LogP contribution in [0, 0.1) is 52.2 Å².